The molecule has 2 rings (SSSR count). The minimum absolute atomic E-state index is 0.0484. The molecule has 0 aliphatic rings. The molecule has 1 atom stereocenters. The first-order valence-electron chi connectivity index (χ1n) is 8.65. The summed E-state index contributed by atoms with van der Waals surface area (Å²) in [7, 11) is -2.34. The van der Waals surface area contributed by atoms with Crippen LogP contribution in [-0.4, -0.2) is 27.5 Å². The number of carbonyl (C=O) groups is 1. The number of esters is 1. The van der Waals surface area contributed by atoms with Crippen LogP contribution in [0, 0.1) is 0 Å². The summed E-state index contributed by atoms with van der Waals surface area (Å²) in [6, 6.07) is 12.7. The summed E-state index contributed by atoms with van der Waals surface area (Å²) in [5.41, 5.74) is 2.05. The average molecular weight is 391 g/mol. The summed E-state index contributed by atoms with van der Waals surface area (Å²) in [5.74, 6) is 0.332. The van der Waals surface area contributed by atoms with Crippen molar-refractivity contribution in [3.8, 4) is 5.75 Å². The van der Waals surface area contributed by atoms with E-state index in [0.717, 1.165) is 5.56 Å². The van der Waals surface area contributed by atoms with Gasteiger partial charge in [0, 0.05) is 0 Å². The van der Waals surface area contributed by atoms with E-state index >= 15 is 0 Å². The van der Waals surface area contributed by atoms with E-state index in [1.54, 1.807) is 12.1 Å². The normalized spacial score (nSPS) is 12.6. The van der Waals surface area contributed by atoms with Gasteiger partial charge in [0.05, 0.1) is 12.0 Å². The smallest absolute Gasteiger partial charge is 0.324 e. The number of hydrogen-bond donors (Lipinski definition) is 1. The van der Waals surface area contributed by atoms with E-state index in [-0.39, 0.29) is 11.5 Å². The molecule has 0 bridgehead atoms. The van der Waals surface area contributed by atoms with Gasteiger partial charge in [-0.15, -0.1) is 0 Å². The van der Waals surface area contributed by atoms with Crippen LogP contribution >= 0.6 is 0 Å². The summed E-state index contributed by atoms with van der Waals surface area (Å²) in [4.78, 5) is 12.2. The van der Waals surface area contributed by atoms with Gasteiger partial charge in [-0.3, -0.25) is 4.79 Å². The number of rotatable bonds is 8. The van der Waals surface area contributed by atoms with E-state index in [0.29, 0.717) is 11.7 Å². The molecule has 2 aromatic rings. The van der Waals surface area contributed by atoms with Crippen molar-refractivity contribution >= 4 is 16.0 Å². The zero-order chi connectivity index (χ0) is 20.0. The summed E-state index contributed by atoms with van der Waals surface area (Å²) in [5, 5.41) is 0. The lowest BCUT2D eigenvalue weighted by atomic mass is 10.0. The Labute approximate surface area is 160 Å². The first kappa shape index (κ1) is 20.9. The van der Waals surface area contributed by atoms with Crippen LogP contribution in [0.3, 0.4) is 0 Å². The molecule has 0 saturated heterocycles. The van der Waals surface area contributed by atoms with Crippen molar-refractivity contribution in [3.63, 3.8) is 0 Å². The molecule has 2 aromatic carbocycles. The summed E-state index contributed by atoms with van der Waals surface area (Å²) in [6.45, 7) is 5.74. The van der Waals surface area contributed by atoms with Gasteiger partial charge >= 0.3 is 5.97 Å². The van der Waals surface area contributed by atoms with Crippen LogP contribution in [0.25, 0.3) is 0 Å². The lowest BCUT2D eigenvalue weighted by molar-refractivity contribution is -0.146. The first-order valence-corrected chi connectivity index (χ1v) is 10.1. The predicted octanol–water partition coefficient (Wildman–Crippen LogP) is 3.23. The van der Waals surface area contributed by atoms with Crippen LogP contribution in [0.2, 0.25) is 0 Å². The van der Waals surface area contributed by atoms with Crippen LogP contribution in [0.4, 0.5) is 0 Å². The third-order valence-electron chi connectivity index (χ3n) is 4.08. The minimum Gasteiger partial charge on any atom is -0.497 e. The van der Waals surface area contributed by atoms with Crippen LogP contribution in [0.1, 0.15) is 37.8 Å². The highest BCUT2D eigenvalue weighted by atomic mass is 32.2. The highest BCUT2D eigenvalue weighted by Gasteiger charge is 2.23. The monoisotopic (exact) mass is 391 g/mol. The molecule has 0 aromatic heterocycles. The predicted molar refractivity (Wildman–Crippen MR) is 103 cm³/mol. The van der Waals surface area contributed by atoms with Gasteiger partial charge in [0.1, 0.15) is 18.4 Å². The highest BCUT2D eigenvalue weighted by molar-refractivity contribution is 7.89. The van der Waals surface area contributed by atoms with Crippen LogP contribution in [0.15, 0.2) is 53.4 Å². The van der Waals surface area contributed by atoms with Crippen LogP contribution < -0.4 is 9.46 Å². The van der Waals surface area contributed by atoms with Crippen LogP contribution in [0.5, 0.6) is 5.75 Å². The minimum atomic E-state index is -3.83. The number of sulfonamides is 1. The maximum atomic E-state index is 12.4. The fraction of sp³-hybridized carbons (Fsp3) is 0.350. The van der Waals surface area contributed by atoms with Crippen molar-refractivity contribution in [2.24, 2.45) is 0 Å². The molecule has 0 heterocycles. The van der Waals surface area contributed by atoms with Gasteiger partial charge in [0.2, 0.25) is 10.0 Å². The van der Waals surface area contributed by atoms with Crippen molar-refractivity contribution in [1.29, 1.82) is 0 Å². The molecule has 6 nitrogen and oxygen atoms in total. The largest absolute Gasteiger partial charge is 0.497 e. The number of benzene rings is 2. The zero-order valence-electron chi connectivity index (χ0n) is 15.9. The van der Waals surface area contributed by atoms with Gasteiger partial charge < -0.3 is 9.47 Å². The fourth-order valence-electron chi connectivity index (χ4n) is 2.38. The standard InChI is InChI=1S/C20H25NO5S/c1-14(2)17-7-5-16(6-8-17)13-26-20(22)15(3)21-27(23,24)19-11-9-18(25-4)10-12-19/h5-12,14-15,21H,13H2,1-4H3/t15-/m0/s1. The lowest BCUT2D eigenvalue weighted by Crippen LogP contribution is -2.39. The Morgan fingerprint density at radius 1 is 1.00 bits per heavy atom. The van der Waals surface area contributed by atoms with Gasteiger partial charge in [0.25, 0.3) is 0 Å². The molecular formula is C20H25NO5S. The number of carbonyl (C=O) groups excluding carboxylic acids is 1. The molecule has 0 spiro atoms. The first-order chi connectivity index (χ1) is 12.7. The maximum absolute atomic E-state index is 12.4. The third-order valence-corrected chi connectivity index (χ3v) is 5.64. The second-order valence-corrected chi connectivity index (χ2v) is 8.24. The molecule has 0 aliphatic heterocycles. The zero-order valence-corrected chi connectivity index (χ0v) is 16.7. The Bertz CT molecular complexity index is 858. The molecule has 7 heteroatoms. The van der Waals surface area contributed by atoms with Crippen LogP contribution in [-0.2, 0) is 26.2 Å². The molecule has 0 saturated carbocycles. The summed E-state index contributed by atoms with van der Waals surface area (Å²) in [6.07, 6.45) is 0. The van der Waals surface area contributed by atoms with Gasteiger partial charge in [-0.25, -0.2) is 8.42 Å². The maximum Gasteiger partial charge on any atom is 0.324 e. The van der Waals surface area contributed by atoms with E-state index in [1.807, 2.05) is 24.3 Å². The van der Waals surface area contributed by atoms with Crippen molar-refractivity contribution < 1.29 is 22.7 Å². The van der Waals surface area contributed by atoms with Gasteiger partial charge in [0.15, 0.2) is 0 Å². The quantitative estimate of drug-likeness (QED) is 0.699. The Hall–Kier alpha value is -2.38. The summed E-state index contributed by atoms with van der Waals surface area (Å²) >= 11 is 0. The summed E-state index contributed by atoms with van der Waals surface area (Å²) < 4.78 is 37.3. The van der Waals surface area contributed by atoms with Crippen molar-refractivity contribution in [2.45, 2.75) is 44.2 Å². The molecule has 0 fully saturated rings. The van der Waals surface area contributed by atoms with Crippen molar-refractivity contribution in [1.82, 2.24) is 4.72 Å². The average Bonchev–Trinajstić information content (AvgIpc) is 2.66. The lowest BCUT2D eigenvalue weighted by Gasteiger charge is -2.14. The van der Waals surface area contributed by atoms with E-state index in [2.05, 4.69) is 18.6 Å². The molecule has 0 amide bonds. The SMILES string of the molecule is COc1ccc(S(=O)(=O)N[C@@H](C)C(=O)OCc2ccc(C(C)C)cc2)cc1. The highest BCUT2D eigenvalue weighted by Crippen LogP contribution is 2.17. The second kappa shape index (κ2) is 9.01. The third kappa shape index (κ3) is 5.80. The van der Waals surface area contributed by atoms with E-state index in [9.17, 15) is 13.2 Å². The van der Waals surface area contributed by atoms with E-state index < -0.39 is 22.0 Å². The van der Waals surface area contributed by atoms with Gasteiger partial charge in [-0.05, 0) is 48.2 Å². The van der Waals surface area contributed by atoms with E-state index in [1.165, 1.54) is 31.7 Å². The Kier molecular flexibility index (Phi) is 6.98. The van der Waals surface area contributed by atoms with E-state index in [4.69, 9.17) is 9.47 Å². The molecule has 0 aliphatic carbocycles. The molecule has 0 unspecified atom stereocenters. The number of hydrogen-bond acceptors (Lipinski definition) is 5. The molecule has 27 heavy (non-hydrogen) atoms. The fourth-order valence-corrected chi connectivity index (χ4v) is 3.57. The Morgan fingerprint density at radius 3 is 2.11 bits per heavy atom. The van der Waals surface area contributed by atoms with Crippen molar-refractivity contribution in [2.75, 3.05) is 7.11 Å². The molecule has 0 radical (unpaired) electrons. The van der Waals surface area contributed by atoms with Gasteiger partial charge in [-0.1, -0.05) is 38.1 Å². The number of methoxy groups -OCH3 is 1. The Balaban J connectivity index is 1.93. The molecule has 1 N–H and O–H groups in total. The van der Waals surface area contributed by atoms with Crippen molar-refractivity contribution in [3.05, 3.63) is 59.7 Å². The second-order valence-electron chi connectivity index (χ2n) is 6.52. The number of ether oxygens (including phenoxy) is 2. The number of nitrogens with one attached hydrogen (secondary N) is 1. The van der Waals surface area contributed by atoms with Gasteiger partial charge in [-0.2, -0.15) is 4.72 Å². The molecule has 146 valence electrons. The topological polar surface area (TPSA) is 81.7 Å². The Morgan fingerprint density at radius 2 is 1.59 bits per heavy atom. The molecular weight excluding hydrogens is 366 g/mol.